The van der Waals surface area contributed by atoms with E-state index in [4.69, 9.17) is 15.2 Å². The standard InChI is InChI=1S/C34H50N2O5/c1-4-6-8-10-11-25(3)40-33-24-31(35)30(23-32(33)36(38)39)34(37)41-29-21-19-28(20-22-29)18-17-27-15-13-26(14-16-27)12-9-7-5-2/h19-27H,4-18,35H2,1-3H3/t25-,26-,27-/m1/s1. The van der Waals surface area contributed by atoms with Gasteiger partial charge in [-0.1, -0.05) is 96.6 Å². The minimum Gasteiger partial charge on any atom is -0.484 e. The molecule has 2 aromatic rings. The number of nitrogens with two attached hydrogens (primary N) is 1. The van der Waals surface area contributed by atoms with E-state index in [1.807, 2.05) is 19.1 Å². The molecule has 0 spiro atoms. The molecule has 0 saturated heterocycles. The van der Waals surface area contributed by atoms with Crippen LogP contribution in [0.3, 0.4) is 0 Å². The molecule has 0 bridgehead atoms. The van der Waals surface area contributed by atoms with E-state index >= 15 is 0 Å². The molecule has 1 aliphatic rings. The monoisotopic (exact) mass is 566 g/mol. The highest BCUT2D eigenvalue weighted by Crippen LogP contribution is 2.35. The number of ether oxygens (including phenoxy) is 2. The van der Waals surface area contributed by atoms with E-state index in [2.05, 4.69) is 13.8 Å². The first-order chi connectivity index (χ1) is 19.8. The van der Waals surface area contributed by atoms with Crippen LogP contribution in [0.1, 0.15) is 127 Å². The van der Waals surface area contributed by atoms with Gasteiger partial charge in [0.2, 0.25) is 0 Å². The normalized spacial score (nSPS) is 17.6. The Bertz CT molecular complexity index is 1090. The first kappa shape index (κ1) is 32.4. The van der Waals surface area contributed by atoms with E-state index < -0.39 is 10.9 Å². The van der Waals surface area contributed by atoms with E-state index in [9.17, 15) is 14.9 Å². The second-order valence-corrected chi connectivity index (χ2v) is 11.9. The fourth-order valence-electron chi connectivity index (χ4n) is 5.88. The molecule has 2 N–H and O–H groups in total. The quantitative estimate of drug-likeness (QED) is 0.0510. The summed E-state index contributed by atoms with van der Waals surface area (Å²) >= 11 is 0. The number of anilines is 1. The maximum Gasteiger partial charge on any atom is 0.345 e. The highest BCUT2D eigenvalue weighted by molar-refractivity contribution is 5.97. The molecule has 0 radical (unpaired) electrons. The van der Waals surface area contributed by atoms with E-state index in [0.29, 0.717) is 5.75 Å². The number of rotatable bonds is 17. The summed E-state index contributed by atoms with van der Waals surface area (Å²) in [5, 5.41) is 11.8. The van der Waals surface area contributed by atoms with E-state index in [1.54, 1.807) is 12.1 Å². The lowest BCUT2D eigenvalue weighted by molar-refractivity contribution is -0.386. The summed E-state index contributed by atoms with van der Waals surface area (Å²) in [5.41, 5.74) is 7.09. The van der Waals surface area contributed by atoms with Crippen molar-refractivity contribution >= 4 is 17.3 Å². The number of nitrogen functional groups attached to an aromatic ring is 1. The minimum atomic E-state index is -0.729. The van der Waals surface area contributed by atoms with Crippen LogP contribution in [0.15, 0.2) is 36.4 Å². The smallest absolute Gasteiger partial charge is 0.345 e. The Morgan fingerprint density at radius 2 is 1.59 bits per heavy atom. The summed E-state index contributed by atoms with van der Waals surface area (Å²) in [6.07, 6.45) is 18.0. The van der Waals surface area contributed by atoms with Crippen molar-refractivity contribution in [3.63, 3.8) is 0 Å². The highest BCUT2D eigenvalue weighted by Gasteiger charge is 2.25. The Balaban J connectivity index is 1.52. The Morgan fingerprint density at radius 1 is 0.951 bits per heavy atom. The van der Waals surface area contributed by atoms with Crippen LogP contribution < -0.4 is 15.2 Å². The van der Waals surface area contributed by atoms with Crippen LogP contribution in [0.5, 0.6) is 11.5 Å². The van der Waals surface area contributed by atoms with Crippen molar-refractivity contribution in [2.45, 2.75) is 123 Å². The van der Waals surface area contributed by atoms with Crippen LogP contribution in [0.2, 0.25) is 0 Å². The third kappa shape index (κ3) is 10.7. The molecular formula is C34H50N2O5. The van der Waals surface area contributed by atoms with Crippen LogP contribution in [0, 0.1) is 22.0 Å². The van der Waals surface area contributed by atoms with Crippen LogP contribution in [-0.2, 0) is 6.42 Å². The lowest BCUT2D eigenvalue weighted by atomic mass is 9.78. The molecule has 7 nitrogen and oxygen atoms in total. The molecule has 0 heterocycles. The molecule has 0 aliphatic heterocycles. The Morgan fingerprint density at radius 3 is 2.22 bits per heavy atom. The molecule has 7 heteroatoms. The molecule has 1 aliphatic carbocycles. The summed E-state index contributed by atoms with van der Waals surface area (Å²) in [4.78, 5) is 24.1. The zero-order valence-corrected chi connectivity index (χ0v) is 25.4. The molecule has 226 valence electrons. The number of esters is 1. The minimum absolute atomic E-state index is 0.0472. The Kier molecular flexibility index (Phi) is 13.4. The van der Waals surface area contributed by atoms with Gasteiger partial charge in [0.25, 0.3) is 0 Å². The van der Waals surface area contributed by atoms with Gasteiger partial charge in [0.15, 0.2) is 5.75 Å². The zero-order chi connectivity index (χ0) is 29.6. The maximum atomic E-state index is 12.9. The number of nitrogens with zero attached hydrogens (tertiary/aromatic N) is 1. The first-order valence-corrected chi connectivity index (χ1v) is 15.9. The molecule has 3 rings (SSSR count). The summed E-state index contributed by atoms with van der Waals surface area (Å²) in [6.45, 7) is 6.30. The van der Waals surface area contributed by atoms with Gasteiger partial charge in [-0.05, 0) is 62.1 Å². The highest BCUT2D eigenvalue weighted by atomic mass is 16.6. The molecule has 1 atom stereocenters. The third-order valence-corrected chi connectivity index (χ3v) is 8.50. The topological polar surface area (TPSA) is 105 Å². The van der Waals surface area contributed by atoms with Gasteiger partial charge >= 0.3 is 11.7 Å². The number of hydrogen-bond acceptors (Lipinski definition) is 6. The lowest BCUT2D eigenvalue weighted by Crippen LogP contribution is -2.15. The summed E-state index contributed by atoms with van der Waals surface area (Å²) in [5.74, 6) is 1.45. The number of nitro benzene ring substituents is 1. The van der Waals surface area contributed by atoms with Crippen molar-refractivity contribution in [3.8, 4) is 11.5 Å². The zero-order valence-electron chi connectivity index (χ0n) is 25.4. The van der Waals surface area contributed by atoms with Gasteiger partial charge in [-0.25, -0.2) is 4.79 Å². The molecular weight excluding hydrogens is 516 g/mol. The fourth-order valence-corrected chi connectivity index (χ4v) is 5.88. The lowest BCUT2D eigenvalue weighted by Gasteiger charge is -2.28. The van der Waals surface area contributed by atoms with Crippen LogP contribution in [0.4, 0.5) is 11.4 Å². The van der Waals surface area contributed by atoms with Gasteiger partial charge < -0.3 is 15.2 Å². The first-order valence-electron chi connectivity index (χ1n) is 15.9. The van der Waals surface area contributed by atoms with Crippen molar-refractivity contribution < 1.29 is 19.2 Å². The van der Waals surface area contributed by atoms with E-state index in [1.165, 1.54) is 69.4 Å². The average molecular weight is 567 g/mol. The largest absolute Gasteiger partial charge is 0.484 e. The van der Waals surface area contributed by atoms with Gasteiger partial charge in [0.1, 0.15) is 5.75 Å². The number of hydrogen-bond donors (Lipinski definition) is 1. The third-order valence-electron chi connectivity index (χ3n) is 8.50. The molecule has 0 amide bonds. The van der Waals surface area contributed by atoms with Crippen LogP contribution in [-0.4, -0.2) is 17.0 Å². The van der Waals surface area contributed by atoms with E-state index in [-0.39, 0.29) is 28.8 Å². The number of carbonyl (C=O) groups is 1. The van der Waals surface area contributed by atoms with Crippen LogP contribution >= 0.6 is 0 Å². The molecule has 0 unspecified atom stereocenters. The SMILES string of the molecule is CCCCCC[C@@H](C)Oc1cc(N)c(C(=O)Oc2ccc(CC[C@H]3CC[C@H](CCCCC)CC3)cc2)cc1[N+](=O)[O-]. The number of nitro groups is 1. The summed E-state index contributed by atoms with van der Waals surface area (Å²) < 4.78 is 11.4. The van der Waals surface area contributed by atoms with Crippen molar-refractivity contribution in [3.05, 3.63) is 57.6 Å². The van der Waals surface area contributed by atoms with Gasteiger partial charge in [0, 0.05) is 12.1 Å². The molecule has 1 fully saturated rings. The molecule has 0 aromatic heterocycles. The molecule has 1 saturated carbocycles. The van der Waals surface area contributed by atoms with E-state index in [0.717, 1.165) is 56.4 Å². The number of aryl methyl sites for hydroxylation is 1. The summed E-state index contributed by atoms with van der Waals surface area (Å²) in [7, 11) is 0. The number of carbonyl (C=O) groups excluding carboxylic acids is 1. The second kappa shape index (κ2) is 17.0. The van der Waals surface area contributed by atoms with Gasteiger partial charge in [-0.3, -0.25) is 10.1 Å². The van der Waals surface area contributed by atoms with Crippen molar-refractivity contribution in [2.24, 2.45) is 11.8 Å². The molecule has 2 aromatic carbocycles. The van der Waals surface area contributed by atoms with Gasteiger partial charge in [-0.15, -0.1) is 0 Å². The number of unbranched alkanes of at least 4 members (excludes halogenated alkanes) is 5. The van der Waals surface area contributed by atoms with Gasteiger partial charge in [-0.2, -0.15) is 0 Å². The molecule has 41 heavy (non-hydrogen) atoms. The van der Waals surface area contributed by atoms with Gasteiger partial charge in [0.05, 0.1) is 22.3 Å². The second-order valence-electron chi connectivity index (χ2n) is 11.9. The predicted molar refractivity (Wildman–Crippen MR) is 166 cm³/mol. The predicted octanol–water partition coefficient (Wildman–Crippen LogP) is 9.45. The number of benzene rings is 2. The van der Waals surface area contributed by atoms with Crippen molar-refractivity contribution in [2.75, 3.05) is 5.73 Å². The maximum absolute atomic E-state index is 12.9. The van der Waals surface area contributed by atoms with Crippen molar-refractivity contribution in [1.29, 1.82) is 0 Å². The van der Waals surface area contributed by atoms with Crippen molar-refractivity contribution in [1.82, 2.24) is 0 Å². The van der Waals surface area contributed by atoms with Crippen LogP contribution in [0.25, 0.3) is 0 Å². The Labute approximate surface area is 246 Å². The average Bonchev–Trinajstić information content (AvgIpc) is 2.95. The fraction of sp³-hybridized carbons (Fsp3) is 0.618. The summed E-state index contributed by atoms with van der Waals surface area (Å²) in [6, 6.07) is 10.1. The Hall–Kier alpha value is -3.09.